The minimum absolute atomic E-state index is 0. The Hall–Kier alpha value is -1.31. The van der Waals surface area contributed by atoms with Crippen LogP contribution in [0.25, 0.3) is 10.9 Å². The van der Waals surface area contributed by atoms with Gasteiger partial charge < -0.3 is 0 Å². The molecule has 1 heterocycles. The van der Waals surface area contributed by atoms with E-state index in [0.717, 1.165) is 0 Å². The van der Waals surface area contributed by atoms with Gasteiger partial charge in [0.15, 0.2) is 0 Å². The Morgan fingerprint density at radius 3 is 2.37 bits per heavy atom. The minimum Gasteiger partial charge on any atom is -0.274 e. The van der Waals surface area contributed by atoms with E-state index in [1.165, 1.54) is 23.1 Å². The number of pyridine rings is 1. The van der Waals surface area contributed by atoms with Gasteiger partial charge in [0.05, 0.1) is 11.2 Å². The number of sulfonamides is 1. The largest absolute Gasteiger partial charge is 0.516 e. The summed E-state index contributed by atoms with van der Waals surface area (Å²) in [5.74, 6) is 0. The number of halogens is 3. The zero-order valence-electron chi connectivity index (χ0n) is 9.07. The first-order chi connectivity index (χ1) is 8.31. The van der Waals surface area contributed by atoms with Crippen LogP contribution in [0.3, 0.4) is 0 Å². The summed E-state index contributed by atoms with van der Waals surface area (Å²) < 4.78 is 60.2. The average molecular weight is 340 g/mol. The summed E-state index contributed by atoms with van der Waals surface area (Å²) in [5, 5.41) is 0.542. The molecule has 1 aromatic carbocycles. The fourth-order valence-electron chi connectivity index (χ4n) is 1.39. The van der Waals surface area contributed by atoms with Crippen molar-refractivity contribution < 1.29 is 38.7 Å². The molecule has 9 heteroatoms. The summed E-state index contributed by atoms with van der Waals surface area (Å²) >= 11 is 0. The molecule has 1 N–H and O–H groups in total. The fraction of sp³-hybridized carbons (Fsp3) is 0.100. The third kappa shape index (κ3) is 3.17. The molecule has 0 bridgehead atoms. The number of anilines is 1. The van der Waals surface area contributed by atoms with Gasteiger partial charge in [0.1, 0.15) is 0 Å². The van der Waals surface area contributed by atoms with Crippen molar-refractivity contribution in [3.05, 3.63) is 36.5 Å². The van der Waals surface area contributed by atoms with Gasteiger partial charge in [-0.25, -0.2) is 0 Å². The van der Waals surface area contributed by atoms with Crippen LogP contribution in [-0.4, -0.2) is 18.9 Å². The van der Waals surface area contributed by atoms with Crippen LogP contribution in [0.4, 0.5) is 18.9 Å². The second-order valence-electron chi connectivity index (χ2n) is 3.43. The summed E-state index contributed by atoms with van der Waals surface area (Å²) in [4.78, 5) is 3.85. The smallest absolute Gasteiger partial charge is 0.274 e. The first-order valence-corrected chi connectivity index (χ1v) is 6.22. The molecule has 4 nitrogen and oxygen atoms in total. The van der Waals surface area contributed by atoms with Crippen LogP contribution in [0.15, 0.2) is 36.5 Å². The van der Waals surface area contributed by atoms with E-state index in [-0.39, 0.29) is 28.3 Å². The zero-order chi connectivity index (χ0) is 13.4. The van der Waals surface area contributed by atoms with E-state index in [9.17, 15) is 21.6 Å². The Morgan fingerprint density at radius 2 is 1.74 bits per heavy atom. The van der Waals surface area contributed by atoms with Gasteiger partial charge in [0, 0.05) is 28.7 Å². The molecule has 107 valence electrons. The molecule has 0 aliphatic rings. The van der Waals surface area contributed by atoms with Gasteiger partial charge in [-0.3, -0.25) is 9.71 Å². The molecule has 0 aliphatic heterocycles. The minimum atomic E-state index is -5.43. The molecule has 2 rings (SSSR count). The molecule has 0 fully saturated rings. The topological polar surface area (TPSA) is 59.1 Å². The summed E-state index contributed by atoms with van der Waals surface area (Å²) in [6, 6.07) is 7.50. The second kappa shape index (κ2) is 5.36. The fourth-order valence-corrected chi connectivity index (χ4v) is 1.96. The molecule has 19 heavy (non-hydrogen) atoms. The summed E-state index contributed by atoms with van der Waals surface area (Å²) in [5.41, 5.74) is -5.40. The quantitative estimate of drug-likeness (QED) is 0.855. The van der Waals surface area contributed by atoms with Gasteiger partial charge >= 0.3 is 15.5 Å². The number of aromatic nitrogens is 1. The van der Waals surface area contributed by atoms with Gasteiger partial charge in [-0.15, -0.1) is 0 Å². The molecule has 0 atom stereocenters. The van der Waals surface area contributed by atoms with Crippen molar-refractivity contribution in [2.75, 3.05) is 4.72 Å². The maximum Gasteiger partial charge on any atom is 0.516 e. The van der Waals surface area contributed by atoms with Crippen molar-refractivity contribution >= 4 is 26.6 Å². The molecular formula is C10H7CuF3N2O2S. The molecule has 0 spiro atoms. The molecule has 0 unspecified atom stereocenters. The third-order valence-corrected chi connectivity index (χ3v) is 3.28. The Bertz CT molecular complexity index is 683. The number of hydrogen-bond donors (Lipinski definition) is 1. The molecule has 1 radical (unpaired) electrons. The molecule has 1 aromatic heterocycles. The first-order valence-electron chi connectivity index (χ1n) is 4.74. The van der Waals surface area contributed by atoms with E-state index >= 15 is 0 Å². The number of alkyl halides is 3. The molecule has 2 aromatic rings. The SMILES string of the molecule is O=S(=O)(Nc1cccc2cccnc12)C(F)(F)F.[Cu]. The average Bonchev–Trinajstić information content (AvgIpc) is 2.27. The first kappa shape index (κ1) is 15.7. The molecule has 0 aliphatic carbocycles. The van der Waals surface area contributed by atoms with Crippen LogP contribution in [0.2, 0.25) is 0 Å². The van der Waals surface area contributed by atoms with Gasteiger partial charge in [0.2, 0.25) is 0 Å². The monoisotopic (exact) mass is 339 g/mol. The van der Waals surface area contributed by atoms with Gasteiger partial charge in [-0.05, 0) is 12.1 Å². The molecule has 0 saturated heterocycles. The molecular weight excluding hydrogens is 333 g/mol. The summed E-state index contributed by atoms with van der Waals surface area (Å²) in [7, 11) is -5.43. The van der Waals surface area contributed by atoms with Crippen LogP contribution in [0, 0.1) is 0 Å². The third-order valence-electron chi connectivity index (χ3n) is 2.18. The Labute approximate surface area is 117 Å². The van der Waals surface area contributed by atoms with Crippen molar-refractivity contribution in [2.24, 2.45) is 0 Å². The number of para-hydroxylation sites is 1. The summed E-state index contributed by atoms with van der Waals surface area (Å²) in [6.07, 6.45) is 1.37. The van der Waals surface area contributed by atoms with Crippen LogP contribution in [-0.2, 0) is 27.1 Å². The normalized spacial score (nSPS) is 11.9. The Balaban J connectivity index is 0.00000180. The standard InChI is InChI=1S/C10H7F3N2O2S.Cu/c11-10(12,13)18(16,17)15-8-5-1-3-7-4-2-6-14-9(7)8;/h1-6,15H;. The Morgan fingerprint density at radius 1 is 1.11 bits per heavy atom. The van der Waals surface area contributed by atoms with Crippen LogP contribution < -0.4 is 4.72 Å². The number of benzene rings is 1. The van der Waals surface area contributed by atoms with Gasteiger partial charge in [-0.2, -0.15) is 21.6 Å². The van der Waals surface area contributed by atoms with E-state index < -0.39 is 15.5 Å². The predicted octanol–water partition coefficient (Wildman–Crippen LogP) is 2.49. The van der Waals surface area contributed by atoms with Crippen molar-refractivity contribution in [3.63, 3.8) is 0 Å². The number of nitrogens with one attached hydrogen (secondary N) is 1. The molecule has 0 saturated carbocycles. The maximum absolute atomic E-state index is 12.2. The predicted molar refractivity (Wildman–Crippen MR) is 60.3 cm³/mol. The van der Waals surface area contributed by atoms with Crippen LogP contribution in [0.5, 0.6) is 0 Å². The van der Waals surface area contributed by atoms with Crippen molar-refractivity contribution in [1.82, 2.24) is 4.98 Å². The number of nitrogens with zero attached hydrogens (tertiary/aromatic N) is 1. The van der Waals surface area contributed by atoms with E-state index in [1.807, 2.05) is 0 Å². The Kier molecular flexibility index (Phi) is 4.44. The molecule has 0 amide bonds. The number of rotatable bonds is 2. The van der Waals surface area contributed by atoms with E-state index in [1.54, 1.807) is 18.2 Å². The van der Waals surface area contributed by atoms with Crippen molar-refractivity contribution in [2.45, 2.75) is 5.51 Å². The van der Waals surface area contributed by atoms with Crippen LogP contribution in [0.1, 0.15) is 0 Å². The van der Waals surface area contributed by atoms with Gasteiger partial charge in [0.25, 0.3) is 0 Å². The summed E-state index contributed by atoms with van der Waals surface area (Å²) in [6.45, 7) is 0. The second-order valence-corrected chi connectivity index (χ2v) is 5.11. The van der Waals surface area contributed by atoms with E-state index in [0.29, 0.717) is 5.39 Å². The number of hydrogen-bond acceptors (Lipinski definition) is 3. The van der Waals surface area contributed by atoms with E-state index in [4.69, 9.17) is 0 Å². The van der Waals surface area contributed by atoms with Crippen molar-refractivity contribution in [1.29, 1.82) is 0 Å². The van der Waals surface area contributed by atoms with Gasteiger partial charge in [-0.1, -0.05) is 18.2 Å². The van der Waals surface area contributed by atoms with Crippen LogP contribution >= 0.6 is 0 Å². The zero-order valence-corrected chi connectivity index (χ0v) is 10.8. The maximum atomic E-state index is 12.2. The number of fused-ring (bicyclic) bond motifs is 1. The van der Waals surface area contributed by atoms with E-state index in [2.05, 4.69) is 4.98 Å². The van der Waals surface area contributed by atoms with Crippen molar-refractivity contribution in [3.8, 4) is 0 Å².